The van der Waals surface area contributed by atoms with E-state index in [9.17, 15) is 9.90 Å². The van der Waals surface area contributed by atoms with Crippen molar-refractivity contribution in [3.05, 3.63) is 29.3 Å². The van der Waals surface area contributed by atoms with Crippen LogP contribution in [0.1, 0.15) is 50.2 Å². The molecule has 1 fully saturated rings. The number of rotatable bonds is 4. The minimum absolute atomic E-state index is 0.0804. The van der Waals surface area contributed by atoms with Crippen LogP contribution in [0.2, 0.25) is 0 Å². The molecule has 1 amide bonds. The standard InChI is InChI=1S/C18H25NO3/c1-2-22-16-6-5-14-7-10-19(13-15(14)11-16)17(20)12-18(21)8-3-4-9-18/h5-6,11,21H,2-4,7-10,12-13H2,1H3. The summed E-state index contributed by atoms with van der Waals surface area (Å²) in [6.07, 6.45) is 4.74. The Bertz CT molecular complexity index is 549. The Kier molecular flexibility index (Phi) is 4.39. The zero-order valence-electron chi connectivity index (χ0n) is 13.3. The Morgan fingerprint density at radius 3 is 2.82 bits per heavy atom. The fourth-order valence-electron chi connectivity index (χ4n) is 3.61. The lowest BCUT2D eigenvalue weighted by Gasteiger charge is -2.32. The van der Waals surface area contributed by atoms with E-state index in [1.54, 1.807) is 0 Å². The van der Waals surface area contributed by atoms with Crippen LogP contribution in [0.5, 0.6) is 5.75 Å². The number of amides is 1. The molecular formula is C18H25NO3. The number of carbonyl (C=O) groups excluding carboxylic acids is 1. The predicted molar refractivity (Wildman–Crippen MR) is 84.8 cm³/mol. The van der Waals surface area contributed by atoms with Gasteiger partial charge in [-0.05, 0) is 49.4 Å². The second-order valence-corrected chi connectivity index (χ2v) is 6.54. The zero-order valence-corrected chi connectivity index (χ0v) is 13.3. The molecule has 0 atom stereocenters. The molecule has 3 rings (SSSR count). The van der Waals surface area contributed by atoms with Gasteiger partial charge in [-0.3, -0.25) is 4.79 Å². The first-order valence-corrected chi connectivity index (χ1v) is 8.34. The first-order valence-electron chi connectivity index (χ1n) is 8.34. The number of carbonyl (C=O) groups is 1. The maximum Gasteiger partial charge on any atom is 0.225 e. The van der Waals surface area contributed by atoms with E-state index >= 15 is 0 Å². The van der Waals surface area contributed by atoms with E-state index in [0.717, 1.165) is 44.4 Å². The van der Waals surface area contributed by atoms with Crippen molar-refractivity contribution in [3.63, 3.8) is 0 Å². The highest BCUT2D eigenvalue weighted by Gasteiger charge is 2.35. The van der Waals surface area contributed by atoms with E-state index < -0.39 is 5.60 Å². The first kappa shape index (κ1) is 15.3. The van der Waals surface area contributed by atoms with Gasteiger partial charge in [0.1, 0.15) is 5.75 Å². The number of benzene rings is 1. The Morgan fingerprint density at radius 1 is 1.32 bits per heavy atom. The zero-order chi connectivity index (χ0) is 15.6. The van der Waals surface area contributed by atoms with Gasteiger partial charge in [0, 0.05) is 13.1 Å². The van der Waals surface area contributed by atoms with Crippen LogP contribution in [0, 0.1) is 0 Å². The molecule has 0 aromatic heterocycles. The average Bonchev–Trinajstić information content (AvgIpc) is 2.93. The van der Waals surface area contributed by atoms with E-state index in [1.165, 1.54) is 11.1 Å². The molecule has 0 spiro atoms. The van der Waals surface area contributed by atoms with E-state index in [2.05, 4.69) is 6.07 Å². The summed E-state index contributed by atoms with van der Waals surface area (Å²) in [7, 11) is 0. The van der Waals surface area contributed by atoms with Crippen LogP contribution < -0.4 is 4.74 Å². The van der Waals surface area contributed by atoms with Crippen molar-refractivity contribution in [1.82, 2.24) is 4.90 Å². The summed E-state index contributed by atoms with van der Waals surface area (Å²) < 4.78 is 5.55. The third-order valence-electron chi connectivity index (χ3n) is 4.87. The Hall–Kier alpha value is -1.55. The van der Waals surface area contributed by atoms with Crippen LogP contribution in [-0.4, -0.2) is 34.7 Å². The highest BCUT2D eigenvalue weighted by Crippen LogP contribution is 2.33. The van der Waals surface area contributed by atoms with Gasteiger partial charge < -0.3 is 14.7 Å². The largest absolute Gasteiger partial charge is 0.494 e. The summed E-state index contributed by atoms with van der Waals surface area (Å²) in [5, 5.41) is 10.4. The summed E-state index contributed by atoms with van der Waals surface area (Å²) >= 11 is 0. The Balaban J connectivity index is 1.67. The summed E-state index contributed by atoms with van der Waals surface area (Å²) in [4.78, 5) is 14.4. The number of fused-ring (bicyclic) bond motifs is 1. The first-order chi connectivity index (χ1) is 10.6. The molecule has 1 aliphatic carbocycles. The van der Waals surface area contributed by atoms with E-state index in [0.29, 0.717) is 13.2 Å². The van der Waals surface area contributed by atoms with Gasteiger partial charge in [0.05, 0.1) is 18.6 Å². The Labute approximate surface area is 132 Å². The summed E-state index contributed by atoms with van der Waals surface area (Å²) in [6.45, 7) is 3.99. The van der Waals surface area contributed by atoms with Gasteiger partial charge in [-0.15, -0.1) is 0 Å². The van der Waals surface area contributed by atoms with E-state index in [4.69, 9.17) is 4.74 Å². The quantitative estimate of drug-likeness (QED) is 0.930. The third kappa shape index (κ3) is 3.27. The van der Waals surface area contributed by atoms with Crippen molar-refractivity contribution in [2.24, 2.45) is 0 Å². The molecular weight excluding hydrogens is 278 g/mol. The van der Waals surface area contributed by atoms with Crippen LogP contribution in [-0.2, 0) is 17.8 Å². The van der Waals surface area contributed by atoms with Crippen LogP contribution in [0.3, 0.4) is 0 Å². The van der Waals surface area contributed by atoms with Gasteiger partial charge in [-0.1, -0.05) is 18.9 Å². The van der Waals surface area contributed by atoms with Gasteiger partial charge >= 0.3 is 0 Å². The number of ether oxygens (including phenoxy) is 1. The number of nitrogens with zero attached hydrogens (tertiary/aromatic N) is 1. The molecule has 4 nitrogen and oxygen atoms in total. The van der Waals surface area contributed by atoms with Crippen molar-refractivity contribution in [2.45, 2.75) is 57.6 Å². The van der Waals surface area contributed by atoms with E-state index in [-0.39, 0.29) is 12.3 Å². The fraction of sp³-hybridized carbons (Fsp3) is 0.611. The predicted octanol–water partition coefficient (Wildman–Crippen LogP) is 2.67. The molecule has 4 heteroatoms. The van der Waals surface area contributed by atoms with Gasteiger partial charge in [0.15, 0.2) is 0 Å². The summed E-state index contributed by atoms with van der Waals surface area (Å²) in [6, 6.07) is 6.15. The second-order valence-electron chi connectivity index (χ2n) is 6.54. The molecule has 2 aliphatic rings. The molecule has 0 bridgehead atoms. The van der Waals surface area contributed by atoms with Crippen molar-refractivity contribution >= 4 is 5.91 Å². The van der Waals surface area contributed by atoms with Crippen LogP contribution in [0.15, 0.2) is 18.2 Å². The normalized spacial score (nSPS) is 19.8. The summed E-state index contributed by atoms with van der Waals surface area (Å²) in [5.41, 5.74) is 1.71. The monoisotopic (exact) mass is 303 g/mol. The van der Waals surface area contributed by atoms with Crippen LogP contribution in [0.4, 0.5) is 0 Å². The lowest BCUT2D eigenvalue weighted by atomic mass is 9.95. The molecule has 1 aromatic rings. The van der Waals surface area contributed by atoms with Crippen molar-refractivity contribution in [2.75, 3.05) is 13.2 Å². The smallest absolute Gasteiger partial charge is 0.225 e. The molecule has 1 N–H and O–H groups in total. The summed E-state index contributed by atoms with van der Waals surface area (Å²) in [5.74, 6) is 0.946. The number of hydrogen-bond donors (Lipinski definition) is 1. The lowest BCUT2D eigenvalue weighted by Crippen LogP contribution is -2.40. The minimum Gasteiger partial charge on any atom is -0.494 e. The van der Waals surface area contributed by atoms with Crippen molar-refractivity contribution < 1.29 is 14.6 Å². The highest BCUT2D eigenvalue weighted by atomic mass is 16.5. The van der Waals surface area contributed by atoms with Crippen molar-refractivity contribution in [1.29, 1.82) is 0 Å². The molecule has 120 valence electrons. The molecule has 0 saturated heterocycles. The molecule has 22 heavy (non-hydrogen) atoms. The van der Waals surface area contributed by atoms with Gasteiger partial charge in [0.2, 0.25) is 5.91 Å². The number of aliphatic hydroxyl groups is 1. The average molecular weight is 303 g/mol. The van der Waals surface area contributed by atoms with Crippen LogP contribution >= 0.6 is 0 Å². The maximum atomic E-state index is 12.5. The highest BCUT2D eigenvalue weighted by molar-refractivity contribution is 5.77. The molecule has 0 unspecified atom stereocenters. The maximum absolute atomic E-state index is 12.5. The molecule has 1 aromatic carbocycles. The topological polar surface area (TPSA) is 49.8 Å². The van der Waals surface area contributed by atoms with Crippen molar-refractivity contribution in [3.8, 4) is 5.75 Å². The molecule has 1 saturated carbocycles. The SMILES string of the molecule is CCOc1ccc2c(c1)CN(C(=O)CC1(O)CCCC1)CC2. The number of hydrogen-bond acceptors (Lipinski definition) is 3. The van der Waals surface area contributed by atoms with Gasteiger partial charge in [-0.25, -0.2) is 0 Å². The fourth-order valence-corrected chi connectivity index (χ4v) is 3.61. The molecule has 1 heterocycles. The molecule has 0 radical (unpaired) electrons. The van der Waals surface area contributed by atoms with E-state index in [1.807, 2.05) is 24.0 Å². The Morgan fingerprint density at radius 2 is 2.09 bits per heavy atom. The lowest BCUT2D eigenvalue weighted by molar-refractivity contribution is -0.137. The second kappa shape index (κ2) is 6.29. The molecule has 1 aliphatic heterocycles. The van der Waals surface area contributed by atoms with Gasteiger partial charge in [-0.2, -0.15) is 0 Å². The third-order valence-corrected chi connectivity index (χ3v) is 4.87. The van der Waals surface area contributed by atoms with Crippen LogP contribution in [0.25, 0.3) is 0 Å². The van der Waals surface area contributed by atoms with Gasteiger partial charge in [0.25, 0.3) is 0 Å². The minimum atomic E-state index is -0.759.